The Morgan fingerprint density at radius 3 is 2.81 bits per heavy atom. The second-order valence-corrected chi connectivity index (χ2v) is 4.78. The molecule has 0 aromatic heterocycles. The van der Waals surface area contributed by atoms with Crippen molar-refractivity contribution in [1.29, 1.82) is 0 Å². The first kappa shape index (κ1) is 11.9. The highest BCUT2D eigenvalue weighted by Gasteiger charge is 2.29. The van der Waals surface area contributed by atoms with Crippen LogP contribution in [0.3, 0.4) is 0 Å². The van der Waals surface area contributed by atoms with Crippen molar-refractivity contribution in [2.75, 3.05) is 26.3 Å². The second-order valence-electron chi connectivity index (χ2n) is 4.78. The first-order valence-electron chi connectivity index (χ1n) is 6.37. The van der Waals surface area contributed by atoms with E-state index in [-0.39, 0.29) is 0 Å². The van der Waals surface area contributed by atoms with E-state index in [1.807, 2.05) is 0 Å². The molecule has 2 fully saturated rings. The van der Waals surface area contributed by atoms with Gasteiger partial charge in [-0.05, 0) is 19.3 Å². The smallest absolute Gasteiger partial charge is 0.0627 e. The maximum Gasteiger partial charge on any atom is 0.0627 e. The summed E-state index contributed by atoms with van der Waals surface area (Å²) in [5.74, 6) is 0.446. The van der Waals surface area contributed by atoms with Gasteiger partial charge >= 0.3 is 0 Å². The van der Waals surface area contributed by atoms with Gasteiger partial charge in [-0.25, -0.2) is 0 Å². The summed E-state index contributed by atoms with van der Waals surface area (Å²) >= 11 is 0. The minimum absolute atomic E-state index is 0.446. The van der Waals surface area contributed by atoms with Gasteiger partial charge in [-0.2, -0.15) is 0 Å². The van der Waals surface area contributed by atoms with E-state index < -0.39 is 0 Å². The van der Waals surface area contributed by atoms with E-state index >= 15 is 0 Å². The van der Waals surface area contributed by atoms with Crippen LogP contribution in [0.2, 0.25) is 0 Å². The van der Waals surface area contributed by atoms with Crippen LogP contribution in [-0.4, -0.2) is 48.2 Å². The summed E-state index contributed by atoms with van der Waals surface area (Å²) in [5.41, 5.74) is 0.991. The lowest BCUT2D eigenvalue weighted by atomic mass is 9.91. The van der Waals surface area contributed by atoms with Gasteiger partial charge < -0.3 is 9.94 Å². The summed E-state index contributed by atoms with van der Waals surface area (Å²) in [5, 5.41) is 12.4. The van der Waals surface area contributed by atoms with Crippen LogP contribution in [0, 0.1) is 5.92 Å². The van der Waals surface area contributed by atoms with Gasteiger partial charge in [0.05, 0.1) is 5.71 Å². The highest BCUT2D eigenvalue weighted by molar-refractivity contribution is 5.87. The summed E-state index contributed by atoms with van der Waals surface area (Å²) < 4.78 is 5.40. The van der Waals surface area contributed by atoms with Gasteiger partial charge in [0.2, 0.25) is 0 Å². The number of oxime groups is 1. The standard InChI is InChI=1S/C12H22N2O2/c1-2-10-9-14(6-3-12(10)13-15)11-4-7-16-8-5-11/h10-11,15H,2-9H2,1H3. The van der Waals surface area contributed by atoms with Crippen molar-refractivity contribution < 1.29 is 9.94 Å². The van der Waals surface area contributed by atoms with Crippen LogP contribution >= 0.6 is 0 Å². The molecule has 2 rings (SSSR count). The fourth-order valence-electron chi connectivity index (χ4n) is 2.82. The summed E-state index contributed by atoms with van der Waals surface area (Å²) in [6, 6.07) is 0.683. The molecule has 16 heavy (non-hydrogen) atoms. The highest BCUT2D eigenvalue weighted by atomic mass is 16.5. The van der Waals surface area contributed by atoms with Crippen molar-refractivity contribution in [3.63, 3.8) is 0 Å². The van der Waals surface area contributed by atoms with Gasteiger partial charge in [-0.3, -0.25) is 4.90 Å². The molecule has 1 atom stereocenters. The van der Waals surface area contributed by atoms with Crippen LogP contribution < -0.4 is 0 Å². The molecule has 0 aliphatic carbocycles. The largest absolute Gasteiger partial charge is 0.411 e. The Morgan fingerprint density at radius 2 is 2.19 bits per heavy atom. The van der Waals surface area contributed by atoms with Crippen molar-refractivity contribution in [2.24, 2.45) is 11.1 Å². The van der Waals surface area contributed by atoms with Crippen LogP contribution in [0.1, 0.15) is 32.6 Å². The normalized spacial score (nSPS) is 32.1. The Balaban J connectivity index is 1.93. The predicted molar refractivity (Wildman–Crippen MR) is 63.0 cm³/mol. The molecule has 1 N–H and O–H groups in total. The van der Waals surface area contributed by atoms with Gasteiger partial charge in [0, 0.05) is 44.7 Å². The summed E-state index contributed by atoms with van der Waals surface area (Å²) in [6.07, 6.45) is 4.30. The lowest BCUT2D eigenvalue weighted by Gasteiger charge is -2.39. The molecule has 0 aromatic carbocycles. The van der Waals surface area contributed by atoms with E-state index in [9.17, 15) is 0 Å². The lowest BCUT2D eigenvalue weighted by Crippen LogP contribution is -2.48. The van der Waals surface area contributed by atoms with Gasteiger partial charge in [-0.1, -0.05) is 12.1 Å². The van der Waals surface area contributed by atoms with E-state index in [1.54, 1.807) is 0 Å². The third kappa shape index (κ3) is 2.55. The zero-order valence-corrected chi connectivity index (χ0v) is 10.1. The minimum atomic E-state index is 0.446. The van der Waals surface area contributed by atoms with Crippen LogP contribution in [0.4, 0.5) is 0 Å². The SMILES string of the molecule is CCC1CN(C2CCOCC2)CCC1=NO. The van der Waals surface area contributed by atoms with Gasteiger partial charge in [0.1, 0.15) is 0 Å². The van der Waals surface area contributed by atoms with Gasteiger partial charge in [-0.15, -0.1) is 0 Å². The van der Waals surface area contributed by atoms with E-state index in [1.165, 1.54) is 0 Å². The minimum Gasteiger partial charge on any atom is -0.411 e. The molecule has 0 bridgehead atoms. The Bertz CT molecular complexity index is 249. The molecular weight excluding hydrogens is 204 g/mol. The fourth-order valence-corrected chi connectivity index (χ4v) is 2.82. The zero-order valence-electron chi connectivity index (χ0n) is 10.1. The maximum absolute atomic E-state index is 8.94. The Kier molecular flexibility index (Phi) is 4.18. The fraction of sp³-hybridized carbons (Fsp3) is 0.917. The van der Waals surface area contributed by atoms with E-state index in [0.717, 1.165) is 57.7 Å². The average Bonchev–Trinajstić information content (AvgIpc) is 2.39. The van der Waals surface area contributed by atoms with Crippen molar-refractivity contribution >= 4 is 5.71 Å². The van der Waals surface area contributed by atoms with Gasteiger partial charge in [0.25, 0.3) is 0 Å². The predicted octanol–water partition coefficient (Wildman–Crippen LogP) is 1.73. The van der Waals surface area contributed by atoms with E-state index in [4.69, 9.17) is 9.94 Å². The monoisotopic (exact) mass is 226 g/mol. The Hall–Kier alpha value is -0.610. The molecular formula is C12H22N2O2. The van der Waals surface area contributed by atoms with Crippen molar-refractivity contribution in [3.8, 4) is 0 Å². The van der Waals surface area contributed by atoms with Crippen molar-refractivity contribution in [3.05, 3.63) is 0 Å². The Morgan fingerprint density at radius 1 is 1.44 bits per heavy atom. The number of hydrogen-bond acceptors (Lipinski definition) is 4. The molecule has 4 nitrogen and oxygen atoms in total. The summed E-state index contributed by atoms with van der Waals surface area (Å²) in [6.45, 7) is 6.07. The summed E-state index contributed by atoms with van der Waals surface area (Å²) in [4.78, 5) is 2.56. The third-order valence-corrected chi connectivity index (χ3v) is 3.91. The number of piperidine rings is 1. The van der Waals surface area contributed by atoms with Gasteiger partial charge in [0.15, 0.2) is 0 Å². The molecule has 2 aliphatic heterocycles. The molecule has 2 aliphatic rings. The molecule has 92 valence electrons. The number of ether oxygens (including phenoxy) is 1. The number of rotatable bonds is 2. The van der Waals surface area contributed by atoms with E-state index in [2.05, 4.69) is 17.0 Å². The molecule has 4 heteroatoms. The van der Waals surface area contributed by atoms with Crippen LogP contribution in [0.5, 0.6) is 0 Å². The zero-order chi connectivity index (χ0) is 11.4. The second kappa shape index (κ2) is 5.64. The van der Waals surface area contributed by atoms with Crippen molar-refractivity contribution in [2.45, 2.75) is 38.6 Å². The molecule has 2 heterocycles. The molecule has 0 spiro atoms. The number of nitrogens with zero attached hydrogens (tertiary/aromatic N) is 2. The average molecular weight is 226 g/mol. The molecule has 1 unspecified atom stereocenters. The van der Waals surface area contributed by atoms with Crippen LogP contribution in [-0.2, 0) is 4.74 Å². The summed E-state index contributed by atoms with van der Waals surface area (Å²) in [7, 11) is 0. The molecule has 0 radical (unpaired) electrons. The molecule has 2 saturated heterocycles. The first-order chi connectivity index (χ1) is 7.85. The third-order valence-electron chi connectivity index (χ3n) is 3.91. The molecule has 0 aromatic rings. The van der Waals surface area contributed by atoms with Crippen molar-refractivity contribution in [1.82, 2.24) is 4.90 Å². The van der Waals surface area contributed by atoms with E-state index in [0.29, 0.717) is 12.0 Å². The topological polar surface area (TPSA) is 45.1 Å². The molecule has 0 amide bonds. The number of likely N-dealkylation sites (tertiary alicyclic amines) is 1. The quantitative estimate of drug-likeness (QED) is 0.576. The molecule has 0 saturated carbocycles. The highest BCUT2D eigenvalue weighted by Crippen LogP contribution is 2.23. The van der Waals surface area contributed by atoms with Crippen LogP contribution in [0.25, 0.3) is 0 Å². The number of hydrogen-bond donors (Lipinski definition) is 1. The Labute approximate surface area is 97.3 Å². The maximum atomic E-state index is 8.94. The van der Waals surface area contributed by atoms with Crippen LogP contribution in [0.15, 0.2) is 5.16 Å². The first-order valence-corrected chi connectivity index (χ1v) is 6.37. The lowest BCUT2D eigenvalue weighted by molar-refractivity contribution is 0.0284.